The molecule has 0 nitrogen and oxygen atoms in total. The number of allylic oxidation sites excluding steroid dienone is 4. The van der Waals surface area contributed by atoms with Crippen molar-refractivity contribution in [2.75, 3.05) is 0 Å². The van der Waals surface area contributed by atoms with Crippen LogP contribution < -0.4 is 0 Å². The van der Waals surface area contributed by atoms with Gasteiger partial charge in [0.25, 0.3) is 0 Å². The summed E-state index contributed by atoms with van der Waals surface area (Å²) in [5.74, 6) is 6.95. The van der Waals surface area contributed by atoms with E-state index in [1.54, 1.807) is 0 Å². The lowest BCUT2D eigenvalue weighted by Crippen LogP contribution is -1.72. The summed E-state index contributed by atoms with van der Waals surface area (Å²) in [4.78, 5) is 0. The fourth-order valence-corrected chi connectivity index (χ4v) is 1.06. The molecule has 0 saturated heterocycles. The van der Waals surface area contributed by atoms with Crippen molar-refractivity contribution in [3.05, 3.63) is 23.8 Å². The molecule has 2 aliphatic carbocycles. The number of hydrogen-bond acceptors (Lipinski definition) is 0. The molecule has 0 atom stereocenters. The molecule has 0 amide bonds. The van der Waals surface area contributed by atoms with Crippen molar-refractivity contribution in [2.45, 2.75) is 19.3 Å². The molecule has 0 unspecified atom stereocenters. The highest BCUT2D eigenvalue weighted by Crippen LogP contribution is 2.33. The van der Waals surface area contributed by atoms with Gasteiger partial charge in [-0.1, -0.05) is 17.9 Å². The summed E-state index contributed by atoms with van der Waals surface area (Å²) in [6, 6.07) is 0. The maximum absolute atomic E-state index is 3.04. The Morgan fingerprint density at radius 2 is 2.50 bits per heavy atom. The van der Waals surface area contributed by atoms with Gasteiger partial charge in [-0.3, -0.25) is 0 Å². The topological polar surface area (TPSA) is 0 Å². The van der Waals surface area contributed by atoms with Gasteiger partial charge in [0, 0.05) is 5.57 Å². The first-order valence-corrected chi connectivity index (χ1v) is 3.83. The minimum Gasteiger partial charge on any atom is -0.0696 e. The lowest BCUT2D eigenvalue weighted by molar-refractivity contribution is 0.861. The zero-order valence-corrected chi connectivity index (χ0v) is 5.93. The third-order valence-corrected chi connectivity index (χ3v) is 1.93. The molecule has 1 saturated carbocycles. The van der Waals surface area contributed by atoms with Crippen molar-refractivity contribution in [3.63, 3.8) is 0 Å². The summed E-state index contributed by atoms with van der Waals surface area (Å²) in [7, 11) is 0. The van der Waals surface area contributed by atoms with Crippen LogP contribution in [-0.4, -0.2) is 0 Å². The van der Waals surface area contributed by atoms with Crippen molar-refractivity contribution in [3.8, 4) is 11.8 Å². The summed E-state index contributed by atoms with van der Waals surface area (Å²) in [5, 5.41) is 0. The SMILES string of the molecule is C1#C/C(=C\CC2CC2)C=C1. The van der Waals surface area contributed by atoms with Crippen LogP contribution in [0.3, 0.4) is 0 Å². The maximum atomic E-state index is 3.04. The van der Waals surface area contributed by atoms with Crippen LogP contribution >= 0.6 is 0 Å². The first kappa shape index (κ1) is 5.80. The Labute approximate surface area is 61.6 Å². The summed E-state index contributed by atoms with van der Waals surface area (Å²) < 4.78 is 0. The zero-order valence-electron chi connectivity index (χ0n) is 5.93. The molecule has 10 heavy (non-hydrogen) atoms. The highest BCUT2D eigenvalue weighted by Gasteiger charge is 2.19. The van der Waals surface area contributed by atoms with Crippen LogP contribution in [0.2, 0.25) is 0 Å². The molecule has 0 bridgehead atoms. The zero-order chi connectivity index (χ0) is 6.81. The van der Waals surface area contributed by atoms with Crippen molar-refractivity contribution >= 4 is 0 Å². The normalized spacial score (nSPS) is 25.0. The van der Waals surface area contributed by atoms with E-state index in [0.29, 0.717) is 0 Å². The summed E-state index contributed by atoms with van der Waals surface area (Å²) in [6.07, 6.45) is 10.3. The van der Waals surface area contributed by atoms with Crippen LogP contribution in [0.15, 0.2) is 23.8 Å². The van der Waals surface area contributed by atoms with Gasteiger partial charge >= 0.3 is 0 Å². The third kappa shape index (κ3) is 1.30. The van der Waals surface area contributed by atoms with Gasteiger partial charge in [-0.2, -0.15) is 0 Å². The quantitative estimate of drug-likeness (QED) is 0.503. The predicted octanol–water partition coefficient (Wildman–Crippen LogP) is 2.29. The van der Waals surface area contributed by atoms with E-state index in [2.05, 4.69) is 24.0 Å². The third-order valence-electron chi connectivity index (χ3n) is 1.93. The van der Waals surface area contributed by atoms with E-state index in [-0.39, 0.29) is 0 Å². The van der Waals surface area contributed by atoms with Gasteiger partial charge in [-0.05, 0) is 37.3 Å². The van der Waals surface area contributed by atoms with Crippen molar-refractivity contribution in [1.82, 2.24) is 0 Å². The lowest BCUT2D eigenvalue weighted by Gasteiger charge is -1.86. The smallest absolute Gasteiger partial charge is 0.0215 e. The second-order valence-corrected chi connectivity index (χ2v) is 2.94. The first-order chi connectivity index (χ1) is 4.95. The predicted molar refractivity (Wildman–Crippen MR) is 42.3 cm³/mol. The molecule has 1 fully saturated rings. The average molecular weight is 130 g/mol. The van der Waals surface area contributed by atoms with E-state index in [1.807, 2.05) is 6.08 Å². The van der Waals surface area contributed by atoms with Gasteiger partial charge < -0.3 is 0 Å². The largest absolute Gasteiger partial charge is 0.0696 e. The molecule has 0 heteroatoms. The van der Waals surface area contributed by atoms with E-state index >= 15 is 0 Å². The highest BCUT2D eigenvalue weighted by atomic mass is 14.2. The van der Waals surface area contributed by atoms with Crippen LogP contribution in [0.5, 0.6) is 0 Å². The summed E-state index contributed by atoms with van der Waals surface area (Å²) in [6.45, 7) is 0. The minimum atomic E-state index is 0.989. The summed E-state index contributed by atoms with van der Waals surface area (Å²) >= 11 is 0. The Balaban J connectivity index is 1.92. The minimum absolute atomic E-state index is 0.989. The van der Waals surface area contributed by atoms with Gasteiger partial charge in [-0.25, -0.2) is 0 Å². The fourth-order valence-electron chi connectivity index (χ4n) is 1.06. The lowest BCUT2D eigenvalue weighted by atomic mass is 10.2. The van der Waals surface area contributed by atoms with Crippen molar-refractivity contribution < 1.29 is 0 Å². The van der Waals surface area contributed by atoms with Crippen LogP contribution in [0.1, 0.15) is 19.3 Å². The molecule has 0 aromatic carbocycles. The van der Waals surface area contributed by atoms with Gasteiger partial charge in [0.1, 0.15) is 0 Å². The molecule has 0 N–H and O–H groups in total. The maximum Gasteiger partial charge on any atom is 0.0215 e. The number of rotatable bonds is 2. The van der Waals surface area contributed by atoms with Crippen molar-refractivity contribution in [1.29, 1.82) is 0 Å². The molecule has 2 rings (SSSR count). The van der Waals surface area contributed by atoms with E-state index in [4.69, 9.17) is 0 Å². The molecule has 0 spiro atoms. The molecule has 0 aromatic heterocycles. The Morgan fingerprint density at radius 1 is 1.60 bits per heavy atom. The van der Waals surface area contributed by atoms with E-state index < -0.39 is 0 Å². The Morgan fingerprint density at radius 3 is 3.10 bits per heavy atom. The van der Waals surface area contributed by atoms with Crippen LogP contribution in [-0.2, 0) is 0 Å². The second kappa shape index (κ2) is 2.34. The molecule has 0 heterocycles. The highest BCUT2D eigenvalue weighted by molar-refractivity contribution is 5.48. The number of hydrogen-bond donors (Lipinski definition) is 0. The second-order valence-electron chi connectivity index (χ2n) is 2.94. The van der Waals surface area contributed by atoms with E-state index in [9.17, 15) is 0 Å². The summed E-state index contributed by atoms with van der Waals surface area (Å²) in [5.41, 5.74) is 1.21. The van der Waals surface area contributed by atoms with Crippen LogP contribution in [0, 0.1) is 17.8 Å². The van der Waals surface area contributed by atoms with Crippen molar-refractivity contribution in [2.24, 2.45) is 5.92 Å². The molecular weight excluding hydrogens is 120 g/mol. The van der Waals surface area contributed by atoms with Crippen LogP contribution in [0.4, 0.5) is 0 Å². The molecule has 0 aromatic rings. The standard InChI is InChI=1S/C10H10/c1-2-4-9(3-1)5-6-10-7-8-10/h1,3,5,10H,6-8H2/b9-5-. The van der Waals surface area contributed by atoms with Gasteiger partial charge in [-0.15, -0.1) is 0 Å². The van der Waals surface area contributed by atoms with Gasteiger partial charge in [0.05, 0.1) is 0 Å². The Bertz CT molecular complexity index is 241. The molecule has 0 radical (unpaired) electrons. The van der Waals surface area contributed by atoms with Gasteiger partial charge in [0.2, 0.25) is 0 Å². The van der Waals surface area contributed by atoms with Gasteiger partial charge in [0.15, 0.2) is 0 Å². The van der Waals surface area contributed by atoms with Crippen LogP contribution in [0.25, 0.3) is 0 Å². The Kier molecular flexibility index (Phi) is 1.36. The monoisotopic (exact) mass is 130 g/mol. The fraction of sp³-hybridized carbons (Fsp3) is 0.400. The molecule has 50 valence electrons. The Hall–Kier alpha value is -0.960. The first-order valence-electron chi connectivity index (χ1n) is 3.83. The molecule has 0 aliphatic heterocycles. The van der Waals surface area contributed by atoms with E-state index in [1.165, 1.54) is 24.8 Å². The van der Waals surface area contributed by atoms with E-state index in [0.717, 1.165) is 5.92 Å². The average Bonchev–Trinajstić information content (AvgIpc) is 2.63. The molecule has 2 aliphatic rings. The molecular formula is C10H10.